The fourth-order valence-electron chi connectivity index (χ4n) is 3.41. The zero-order valence-electron chi connectivity index (χ0n) is 13.4. The van der Waals surface area contributed by atoms with Gasteiger partial charge < -0.3 is 4.74 Å². The van der Waals surface area contributed by atoms with Crippen molar-refractivity contribution in [1.82, 2.24) is 0 Å². The van der Waals surface area contributed by atoms with Gasteiger partial charge >= 0.3 is 0 Å². The Morgan fingerprint density at radius 1 is 1.12 bits per heavy atom. The van der Waals surface area contributed by atoms with Gasteiger partial charge in [0.25, 0.3) is 0 Å². The Morgan fingerprint density at radius 3 is 2.38 bits per heavy atom. The molecule has 0 saturated heterocycles. The first-order valence-electron chi connectivity index (χ1n) is 8.02. The molecule has 0 bridgehead atoms. The van der Waals surface area contributed by atoms with Crippen LogP contribution in [0.1, 0.15) is 39.7 Å². The van der Waals surface area contributed by atoms with Gasteiger partial charge in [0.1, 0.15) is 0 Å². The first-order valence-corrected chi connectivity index (χ1v) is 8.46. The molecule has 122 valence electrons. The lowest BCUT2D eigenvalue weighted by atomic mass is 9.70. The number of ketones is 1. The van der Waals surface area contributed by atoms with Crippen molar-refractivity contribution in [1.29, 1.82) is 5.26 Å². The van der Waals surface area contributed by atoms with Gasteiger partial charge in [-0.15, -0.1) is 11.6 Å². The van der Waals surface area contributed by atoms with Crippen molar-refractivity contribution >= 4 is 17.4 Å². The number of alkyl halides is 1. The maximum absolute atomic E-state index is 13.1. The Hall–Kier alpha value is -2.15. The summed E-state index contributed by atoms with van der Waals surface area (Å²) in [7, 11) is 0. The lowest BCUT2D eigenvalue weighted by molar-refractivity contribution is 0.0101. The van der Waals surface area contributed by atoms with E-state index >= 15 is 0 Å². The highest BCUT2D eigenvalue weighted by molar-refractivity contribution is 6.22. The molecule has 24 heavy (non-hydrogen) atoms. The Bertz CT molecular complexity index is 769. The molecule has 0 N–H and O–H groups in total. The van der Waals surface area contributed by atoms with Crippen molar-refractivity contribution in [3.63, 3.8) is 0 Å². The van der Waals surface area contributed by atoms with Gasteiger partial charge in [0.05, 0.1) is 29.4 Å². The standard InChI is InChI=1S/C20H18ClNO2/c1-2-24-20-17(19(23)13-8-4-3-5-9-13)16(12-22)14-10-6-7-11-15(14)18(20)21/h3-11,16-18,20H,2H2,1H3/t16-,17+,18-,20-/m1/s1. The average molecular weight is 340 g/mol. The molecule has 0 aromatic heterocycles. The number of carbonyl (C=O) groups excluding carboxylic acids is 1. The maximum atomic E-state index is 13.1. The molecule has 0 unspecified atom stereocenters. The SMILES string of the molecule is CCO[C@@H]1[C@H](C(=O)c2ccccc2)[C@H](C#N)c2ccccc2[C@H]1Cl. The van der Waals surface area contributed by atoms with Gasteiger partial charge in [-0.1, -0.05) is 54.6 Å². The minimum absolute atomic E-state index is 0.0965. The number of halogens is 1. The monoisotopic (exact) mass is 339 g/mol. The Morgan fingerprint density at radius 2 is 1.75 bits per heavy atom. The smallest absolute Gasteiger partial charge is 0.170 e. The van der Waals surface area contributed by atoms with E-state index < -0.39 is 23.3 Å². The van der Waals surface area contributed by atoms with E-state index in [0.717, 1.165) is 11.1 Å². The van der Waals surface area contributed by atoms with Crippen molar-refractivity contribution in [2.24, 2.45) is 5.92 Å². The molecule has 0 saturated carbocycles. The van der Waals surface area contributed by atoms with Gasteiger partial charge in [-0.05, 0) is 18.1 Å². The number of fused-ring (bicyclic) bond motifs is 1. The van der Waals surface area contributed by atoms with Crippen LogP contribution in [0.3, 0.4) is 0 Å². The molecule has 1 aliphatic rings. The van der Waals surface area contributed by atoms with Gasteiger partial charge in [0.2, 0.25) is 0 Å². The van der Waals surface area contributed by atoms with Crippen molar-refractivity contribution in [3.05, 3.63) is 71.3 Å². The predicted molar refractivity (Wildman–Crippen MR) is 93.1 cm³/mol. The quantitative estimate of drug-likeness (QED) is 0.609. The first kappa shape index (κ1) is 16.7. The topological polar surface area (TPSA) is 50.1 Å². The van der Waals surface area contributed by atoms with Gasteiger partial charge in [0, 0.05) is 12.2 Å². The van der Waals surface area contributed by atoms with Gasteiger partial charge in [-0.2, -0.15) is 5.26 Å². The molecule has 3 rings (SSSR count). The normalized spacial score (nSPS) is 25.5. The summed E-state index contributed by atoms with van der Waals surface area (Å²) in [6, 6.07) is 18.9. The summed E-state index contributed by atoms with van der Waals surface area (Å²) >= 11 is 6.65. The molecule has 4 heteroatoms. The number of benzene rings is 2. The van der Waals surface area contributed by atoms with Gasteiger partial charge in [0.15, 0.2) is 5.78 Å². The summed E-state index contributed by atoms with van der Waals surface area (Å²) in [5, 5.41) is 9.32. The van der Waals surface area contributed by atoms with Crippen LogP contribution in [-0.4, -0.2) is 18.5 Å². The van der Waals surface area contributed by atoms with Crippen LogP contribution in [0.15, 0.2) is 54.6 Å². The Kier molecular flexibility index (Phi) is 4.99. The van der Waals surface area contributed by atoms with E-state index in [2.05, 4.69) is 6.07 Å². The number of nitrogens with zero attached hydrogens (tertiary/aromatic N) is 1. The predicted octanol–water partition coefficient (Wildman–Crippen LogP) is 4.49. The van der Waals surface area contributed by atoms with Crippen LogP contribution in [0.25, 0.3) is 0 Å². The highest BCUT2D eigenvalue weighted by atomic mass is 35.5. The number of Topliss-reactive ketones (excluding diaryl/α,β-unsaturated/α-hetero) is 1. The number of hydrogen-bond acceptors (Lipinski definition) is 3. The number of nitriles is 1. The van der Waals surface area contributed by atoms with E-state index in [1.165, 1.54) is 0 Å². The van der Waals surface area contributed by atoms with Crippen LogP contribution in [-0.2, 0) is 4.74 Å². The molecule has 0 spiro atoms. The largest absolute Gasteiger partial charge is 0.376 e. The second-order valence-corrected chi connectivity index (χ2v) is 6.28. The summed E-state index contributed by atoms with van der Waals surface area (Å²) in [6.07, 6.45) is -0.524. The van der Waals surface area contributed by atoms with Crippen LogP contribution in [0.4, 0.5) is 0 Å². The molecule has 2 aromatic carbocycles. The molecule has 0 amide bonds. The Labute approximate surface area is 146 Å². The molecule has 1 aliphatic carbocycles. The van der Waals surface area contributed by atoms with Crippen LogP contribution in [0.5, 0.6) is 0 Å². The van der Waals surface area contributed by atoms with Crippen molar-refractivity contribution < 1.29 is 9.53 Å². The molecule has 2 aromatic rings. The number of carbonyl (C=O) groups is 1. The maximum Gasteiger partial charge on any atom is 0.170 e. The van der Waals surface area contributed by atoms with E-state index in [1.54, 1.807) is 12.1 Å². The van der Waals surface area contributed by atoms with Crippen LogP contribution in [0, 0.1) is 17.2 Å². The van der Waals surface area contributed by atoms with Crippen LogP contribution < -0.4 is 0 Å². The Balaban J connectivity index is 2.11. The fraction of sp³-hybridized carbons (Fsp3) is 0.300. The highest BCUT2D eigenvalue weighted by Gasteiger charge is 2.46. The summed E-state index contributed by atoms with van der Waals surface area (Å²) in [6.45, 7) is 2.31. The summed E-state index contributed by atoms with van der Waals surface area (Å²) in [4.78, 5) is 13.1. The van der Waals surface area contributed by atoms with Gasteiger partial charge in [-0.3, -0.25) is 4.79 Å². The molecule has 0 radical (unpaired) electrons. The van der Waals surface area contributed by atoms with Crippen molar-refractivity contribution in [3.8, 4) is 6.07 Å². The van der Waals surface area contributed by atoms with E-state index in [-0.39, 0.29) is 5.78 Å². The average Bonchev–Trinajstić information content (AvgIpc) is 2.64. The molecular formula is C20H18ClNO2. The second-order valence-electron chi connectivity index (χ2n) is 5.81. The van der Waals surface area contributed by atoms with E-state index in [4.69, 9.17) is 16.3 Å². The third kappa shape index (κ3) is 2.84. The zero-order chi connectivity index (χ0) is 17.1. The number of hydrogen-bond donors (Lipinski definition) is 0. The van der Waals surface area contributed by atoms with Crippen LogP contribution >= 0.6 is 11.6 Å². The van der Waals surface area contributed by atoms with Crippen molar-refractivity contribution in [2.75, 3.05) is 6.61 Å². The zero-order valence-corrected chi connectivity index (χ0v) is 14.1. The molecule has 3 nitrogen and oxygen atoms in total. The van der Waals surface area contributed by atoms with E-state index in [9.17, 15) is 10.1 Å². The third-order valence-electron chi connectivity index (χ3n) is 4.49. The molecule has 0 heterocycles. The second kappa shape index (κ2) is 7.17. The minimum atomic E-state index is -0.616. The lowest BCUT2D eigenvalue weighted by Gasteiger charge is -2.38. The summed E-state index contributed by atoms with van der Waals surface area (Å²) in [5.41, 5.74) is 2.28. The third-order valence-corrected chi connectivity index (χ3v) is 4.97. The molecular weight excluding hydrogens is 322 g/mol. The first-order chi connectivity index (χ1) is 11.7. The van der Waals surface area contributed by atoms with E-state index in [1.807, 2.05) is 49.4 Å². The van der Waals surface area contributed by atoms with Crippen molar-refractivity contribution in [2.45, 2.75) is 24.3 Å². The number of rotatable bonds is 4. The lowest BCUT2D eigenvalue weighted by Crippen LogP contribution is -2.42. The molecule has 0 fully saturated rings. The van der Waals surface area contributed by atoms with E-state index in [0.29, 0.717) is 12.2 Å². The minimum Gasteiger partial charge on any atom is -0.376 e. The van der Waals surface area contributed by atoms with Gasteiger partial charge in [-0.25, -0.2) is 0 Å². The summed E-state index contributed by atoms with van der Waals surface area (Å²) < 4.78 is 5.84. The summed E-state index contributed by atoms with van der Waals surface area (Å²) in [5.74, 6) is -1.28. The number of ether oxygens (including phenoxy) is 1. The highest BCUT2D eigenvalue weighted by Crippen LogP contribution is 2.46. The van der Waals surface area contributed by atoms with Crippen LogP contribution in [0.2, 0.25) is 0 Å². The fourth-order valence-corrected chi connectivity index (χ4v) is 3.84. The molecule has 4 atom stereocenters. The molecule has 0 aliphatic heterocycles.